The van der Waals surface area contributed by atoms with Crippen LogP contribution in [0, 0.1) is 6.92 Å². The van der Waals surface area contributed by atoms with Crippen LogP contribution in [0.1, 0.15) is 29.6 Å². The minimum absolute atomic E-state index is 0.131. The van der Waals surface area contributed by atoms with Crippen molar-refractivity contribution in [2.75, 3.05) is 26.7 Å². The smallest absolute Gasteiger partial charge is 0.242 e. The van der Waals surface area contributed by atoms with E-state index in [1.165, 1.54) is 9.75 Å². The Balaban J connectivity index is 2.30. The Bertz CT molecular complexity index is 469. The first-order valence-corrected chi connectivity index (χ1v) is 7.48. The van der Waals surface area contributed by atoms with Gasteiger partial charge in [-0.15, -0.1) is 11.3 Å². The van der Waals surface area contributed by atoms with Crippen LogP contribution in [0.25, 0.3) is 0 Å². The highest BCUT2D eigenvalue weighted by molar-refractivity contribution is 7.12. The summed E-state index contributed by atoms with van der Waals surface area (Å²) in [7, 11) is 1.87. The molecule has 0 spiro atoms. The van der Waals surface area contributed by atoms with E-state index in [4.69, 9.17) is 5.73 Å². The Morgan fingerprint density at radius 3 is 2.63 bits per heavy atom. The number of carbonyl (C=O) groups is 1. The predicted octanol–water partition coefficient (Wildman–Crippen LogP) is 1.61. The summed E-state index contributed by atoms with van der Waals surface area (Å²) >= 11 is 1.77. The van der Waals surface area contributed by atoms with E-state index in [0.717, 1.165) is 13.1 Å². The third-order valence-electron chi connectivity index (χ3n) is 3.95. The maximum Gasteiger partial charge on any atom is 0.242 e. The molecule has 2 heterocycles. The summed E-state index contributed by atoms with van der Waals surface area (Å²) < 4.78 is 0. The van der Waals surface area contributed by atoms with E-state index < -0.39 is 5.54 Å². The SMILES string of the molecule is Cc1ccc(C(CN)N2CCN(C)C(=O)C2(C)C)s1. The van der Waals surface area contributed by atoms with Gasteiger partial charge in [0.1, 0.15) is 0 Å². The van der Waals surface area contributed by atoms with Gasteiger partial charge in [0.25, 0.3) is 0 Å². The summed E-state index contributed by atoms with van der Waals surface area (Å²) in [5, 5.41) is 0. The van der Waals surface area contributed by atoms with Crippen molar-refractivity contribution in [2.45, 2.75) is 32.4 Å². The molecule has 2 rings (SSSR count). The van der Waals surface area contributed by atoms with Crippen molar-refractivity contribution >= 4 is 17.2 Å². The fraction of sp³-hybridized carbons (Fsp3) is 0.643. The topological polar surface area (TPSA) is 49.6 Å². The van der Waals surface area contributed by atoms with Gasteiger partial charge in [0.05, 0.1) is 11.6 Å². The molecule has 5 heteroatoms. The highest BCUT2D eigenvalue weighted by Crippen LogP contribution is 2.34. The van der Waals surface area contributed by atoms with Gasteiger partial charge >= 0.3 is 0 Å². The third kappa shape index (κ3) is 2.55. The van der Waals surface area contributed by atoms with Crippen LogP contribution < -0.4 is 5.73 Å². The first-order valence-electron chi connectivity index (χ1n) is 6.66. The van der Waals surface area contributed by atoms with Crippen LogP contribution in [0.15, 0.2) is 12.1 Å². The van der Waals surface area contributed by atoms with E-state index >= 15 is 0 Å². The quantitative estimate of drug-likeness (QED) is 0.916. The van der Waals surface area contributed by atoms with E-state index in [-0.39, 0.29) is 11.9 Å². The van der Waals surface area contributed by atoms with Gasteiger partial charge in [-0.1, -0.05) is 0 Å². The van der Waals surface area contributed by atoms with E-state index in [9.17, 15) is 4.79 Å². The minimum atomic E-state index is -0.491. The second kappa shape index (κ2) is 5.23. The zero-order valence-corrected chi connectivity index (χ0v) is 13.0. The molecule has 1 aromatic heterocycles. The molecular formula is C14H23N3OS. The molecule has 0 bridgehead atoms. The molecule has 19 heavy (non-hydrogen) atoms. The Hall–Kier alpha value is -0.910. The Morgan fingerprint density at radius 1 is 1.42 bits per heavy atom. The molecular weight excluding hydrogens is 258 g/mol. The van der Waals surface area contributed by atoms with Crippen molar-refractivity contribution in [3.05, 3.63) is 21.9 Å². The highest BCUT2D eigenvalue weighted by Gasteiger charge is 2.43. The summed E-state index contributed by atoms with van der Waals surface area (Å²) in [6, 6.07) is 4.38. The highest BCUT2D eigenvalue weighted by atomic mass is 32.1. The molecule has 1 aliphatic heterocycles. The summed E-state index contributed by atoms with van der Waals surface area (Å²) in [5.74, 6) is 0.172. The Morgan fingerprint density at radius 2 is 2.11 bits per heavy atom. The lowest BCUT2D eigenvalue weighted by molar-refractivity contribution is -0.149. The number of rotatable bonds is 3. The van der Waals surface area contributed by atoms with Gasteiger partial charge in [0.15, 0.2) is 0 Å². The first kappa shape index (κ1) is 14.5. The molecule has 1 amide bonds. The average Bonchev–Trinajstić information content (AvgIpc) is 2.77. The number of hydrogen-bond donors (Lipinski definition) is 1. The van der Waals surface area contributed by atoms with E-state index in [1.54, 1.807) is 11.3 Å². The number of amides is 1. The fourth-order valence-electron chi connectivity index (χ4n) is 2.80. The van der Waals surface area contributed by atoms with E-state index in [1.807, 2.05) is 25.8 Å². The number of thiophene rings is 1. The minimum Gasteiger partial charge on any atom is -0.343 e. The zero-order valence-electron chi connectivity index (χ0n) is 12.1. The molecule has 1 aliphatic rings. The third-order valence-corrected chi connectivity index (χ3v) is 5.06. The second-order valence-electron chi connectivity index (χ2n) is 5.68. The molecule has 0 aliphatic carbocycles. The van der Waals surface area contributed by atoms with Crippen LogP contribution in [-0.2, 0) is 4.79 Å². The molecule has 2 N–H and O–H groups in total. The molecule has 106 valence electrons. The molecule has 1 atom stereocenters. The maximum absolute atomic E-state index is 12.4. The second-order valence-corrected chi connectivity index (χ2v) is 7.00. The van der Waals surface area contributed by atoms with Crippen molar-refractivity contribution in [2.24, 2.45) is 5.73 Å². The van der Waals surface area contributed by atoms with Gasteiger partial charge in [0, 0.05) is 36.4 Å². The summed E-state index contributed by atoms with van der Waals surface area (Å²) in [6.07, 6.45) is 0. The van der Waals surface area contributed by atoms with Crippen LogP contribution in [0.2, 0.25) is 0 Å². The normalized spacial score (nSPS) is 21.7. The number of hydrogen-bond acceptors (Lipinski definition) is 4. The maximum atomic E-state index is 12.4. The molecule has 1 fully saturated rings. The monoisotopic (exact) mass is 281 g/mol. The van der Waals surface area contributed by atoms with Crippen LogP contribution >= 0.6 is 11.3 Å². The van der Waals surface area contributed by atoms with Crippen molar-refractivity contribution < 1.29 is 4.79 Å². The fourth-order valence-corrected chi connectivity index (χ4v) is 3.81. The van der Waals surface area contributed by atoms with Gasteiger partial charge in [-0.05, 0) is 32.9 Å². The van der Waals surface area contributed by atoms with Crippen molar-refractivity contribution in [1.82, 2.24) is 9.80 Å². The average molecular weight is 281 g/mol. The number of nitrogens with two attached hydrogens (primary N) is 1. The van der Waals surface area contributed by atoms with E-state index in [2.05, 4.69) is 24.0 Å². The summed E-state index contributed by atoms with van der Waals surface area (Å²) in [6.45, 7) is 8.27. The Labute approximate surface area is 119 Å². The van der Waals surface area contributed by atoms with Crippen molar-refractivity contribution in [3.8, 4) is 0 Å². The molecule has 4 nitrogen and oxygen atoms in total. The van der Waals surface area contributed by atoms with Crippen LogP contribution in [0.3, 0.4) is 0 Å². The lowest BCUT2D eigenvalue weighted by atomic mass is 9.95. The van der Waals surface area contributed by atoms with Crippen molar-refractivity contribution in [1.29, 1.82) is 0 Å². The molecule has 0 radical (unpaired) electrons. The molecule has 1 aromatic rings. The van der Waals surface area contributed by atoms with Crippen LogP contribution in [0.4, 0.5) is 0 Å². The predicted molar refractivity (Wildman–Crippen MR) is 79.3 cm³/mol. The van der Waals surface area contributed by atoms with E-state index in [0.29, 0.717) is 6.54 Å². The number of carbonyl (C=O) groups excluding carboxylic acids is 1. The molecule has 0 aromatic carbocycles. The van der Waals surface area contributed by atoms with Gasteiger partial charge < -0.3 is 10.6 Å². The lowest BCUT2D eigenvalue weighted by Gasteiger charge is -2.48. The van der Waals surface area contributed by atoms with Gasteiger partial charge in [-0.25, -0.2) is 0 Å². The largest absolute Gasteiger partial charge is 0.343 e. The number of piperazine rings is 1. The number of aryl methyl sites for hydroxylation is 1. The zero-order chi connectivity index (χ0) is 14.2. The summed E-state index contributed by atoms with van der Waals surface area (Å²) in [5.41, 5.74) is 5.50. The van der Waals surface area contributed by atoms with Gasteiger partial charge in [0.2, 0.25) is 5.91 Å². The summed E-state index contributed by atoms with van der Waals surface area (Å²) in [4.78, 5) is 19.0. The lowest BCUT2D eigenvalue weighted by Crippen LogP contribution is -2.63. The molecule has 0 saturated carbocycles. The van der Waals surface area contributed by atoms with Crippen LogP contribution in [0.5, 0.6) is 0 Å². The van der Waals surface area contributed by atoms with Gasteiger partial charge in [-0.3, -0.25) is 9.69 Å². The van der Waals surface area contributed by atoms with Crippen molar-refractivity contribution in [3.63, 3.8) is 0 Å². The first-order chi connectivity index (χ1) is 8.87. The van der Waals surface area contributed by atoms with Gasteiger partial charge in [-0.2, -0.15) is 0 Å². The number of nitrogens with zero attached hydrogens (tertiary/aromatic N) is 2. The standard InChI is InChI=1S/C14H23N3OS/c1-10-5-6-12(19-10)11(9-15)17-8-7-16(4)13(18)14(17,2)3/h5-6,11H,7-9,15H2,1-4H3. The molecule has 1 unspecified atom stereocenters. The number of likely N-dealkylation sites (N-methyl/N-ethyl adjacent to an activating group) is 1. The molecule has 1 saturated heterocycles. The van der Waals surface area contributed by atoms with Crippen LogP contribution in [-0.4, -0.2) is 47.9 Å². The Kier molecular flexibility index (Phi) is 3.99.